The summed E-state index contributed by atoms with van der Waals surface area (Å²) in [5.74, 6) is 0.897. The maximum absolute atomic E-state index is 9.60. The van der Waals surface area contributed by atoms with Crippen LogP contribution < -0.4 is 10.6 Å². The summed E-state index contributed by atoms with van der Waals surface area (Å²) in [6.07, 6.45) is 10.5. The summed E-state index contributed by atoms with van der Waals surface area (Å²) in [5.41, 5.74) is 12.7. The van der Waals surface area contributed by atoms with Gasteiger partial charge in [0.15, 0.2) is 5.82 Å². The van der Waals surface area contributed by atoms with Gasteiger partial charge < -0.3 is 9.13 Å². The Kier molecular flexibility index (Phi) is 8.29. The molecule has 262 valence electrons. The first kappa shape index (κ1) is 33.5. The molecule has 0 spiro atoms. The fraction of sp³-hybridized carbons (Fsp3) is 0.0600. The van der Waals surface area contributed by atoms with Crippen molar-refractivity contribution in [3.05, 3.63) is 191 Å². The molecule has 5 heteroatoms. The van der Waals surface area contributed by atoms with Crippen molar-refractivity contribution in [3.63, 3.8) is 0 Å². The minimum atomic E-state index is 0.207. The van der Waals surface area contributed by atoms with Gasteiger partial charge in [-0.3, -0.25) is 0 Å². The summed E-state index contributed by atoms with van der Waals surface area (Å²) in [7, 11) is 0. The number of para-hydroxylation sites is 2. The molecule has 0 saturated heterocycles. The smallest absolute Gasteiger partial charge is 0.156 e. The van der Waals surface area contributed by atoms with Gasteiger partial charge in [0.2, 0.25) is 0 Å². The molecule has 9 rings (SSSR count). The molecule has 0 radical (unpaired) electrons. The Morgan fingerprint density at radius 1 is 0.727 bits per heavy atom. The molecule has 1 unspecified atom stereocenters. The van der Waals surface area contributed by atoms with Gasteiger partial charge in [0, 0.05) is 55.5 Å². The van der Waals surface area contributed by atoms with E-state index >= 15 is 0 Å². The van der Waals surface area contributed by atoms with Gasteiger partial charge >= 0.3 is 0 Å². The normalized spacial score (nSPS) is 14.1. The fourth-order valence-corrected chi connectivity index (χ4v) is 7.84. The van der Waals surface area contributed by atoms with Gasteiger partial charge in [-0.2, -0.15) is 5.26 Å². The van der Waals surface area contributed by atoms with E-state index in [9.17, 15) is 5.26 Å². The van der Waals surface area contributed by atoms with E-state index in [4.69, 9.17) is 9.97 Å². The van der Waals surface area contributed by atoms with E-state index in [-0.39, 0.29) is 5.92 Å². The van der Waals surface area contributed by atoms with Crippen LogP contribution in [0.25, 0.3) is 80.0 Å². The first-order valence-electron chi connectivity index (χ1n) is 18.4. The molecule has 0 bridgehead atoms. The quantitative estimate of drug-likeness (QED) is 0.166. The van der Waals surface area contributed by atoms with Crippen molar-refractivity contribution in [1.82, 2.24) is 19.1 Å². The van der Waals surface area contributed by atoms with Crippen LogP contribution in [0.3, 0.4) is 0 Å². The average molecular weight is 708 g/mol. The molecule has 5 nitrogen and oxygen atoms in total. The van der Waals surface area contributed by atoms with Crippen molar-refractivity contribution in [2.45, 2.75) is 13.8 Å². The maximum Gasteiger partial charge on any atom is 0.156 e. The number of allylic oxidation sites excluding steroid dienone is 4. The van der Waals surface area contributed by atoms with Gasteiger partial charge in [-0.15, -0.1) is 0 Å². The van der Waals surface area contributed by atoms with Crippen molar-refractivity contribution >= 4 is 46.1 Å². The molecule has 0 amide bonds. The minimum Gasteiger partial charge on any atom is -0.309 e. The van der Waals surface area contributed by atoms with E-state index in [0.29, 0.717) is 11.4 Å². The lowest BCUT2D eigenvalue weighted by molar-refractivity contribution is 0.947. The van der Waals surface area contributed by atoms with Crippen LogP contribution in [0.15, 0.2) is 152 Å². The molecule has 8 aromatic rings. The van der Waals surface area contributed by atoms with Gasteiger partial charge in [-0.05, 0) is 79.2 Å². The van der Waals surface area contributed by atoms with E-state index in [1.807, 2.05) is 36.4 Å². The molecule has 0 fully saturated rings. The molecule has 55 heavy (non-hydrogen) atoms. The van der Waals surface area contributed by atoms with E-state index in [2.05, 4.69) is 164 Å². The van der Waals surface area contributed by atoms with Crippen molar-refractivity contribution in [1.29, 1.82) is 5.26 Å². The predicted octanol–water partition coefficient (Wildman–Crippen LogP) is 10.3. The number of aryl methyl sites for hydroxylation is 1. The van der Waals surface area contributed by atoms with Crippen LogP contribution in [0.5, 0.6) is 0 Å². The Hall–Kier alpha value is -7.29. The third kappa shape index (κ3) is 5.82. The number of hydrogen-bond donors (Lipinski definition) is 0. The van der Waals surface area contributed by atoms with Crippen molar-refractivity contribution in [2.24, 2.45) is 5.92 Å². The van der Waals surface area contributed by atoms with E-state index in [0.717, 1.165) is 83.1 Å². The van der Waals surface area contributed by atoms with Crippen LogP contribution in [-0.2, 0) is 0 Å². The first-order valence-corrected chi connectivity index (χ1v) is 18.4. The molecule has 1 atom stereocenters. The van der Waals surface area contributed by atoms with Crippen LogP contribution in [0.4, 0.5) is 0 Å². The number of hydrogen-bond acceptors (Lipinski definition) is 3. The second-order valence-electron chi connectivity index (χ2n) is 14.1. The monoisotopic (exact) mass is 707 g/mol. The zero-order chi connectivity index (χ0) is 37.6. The number of benzene rings is 5. The summed E-state index contributed by atoms with van der Waals surface area (Å²) in [5, 5.41) is 13.9. The number of nitriles is 1. The molecular formula is C50H37N5. The molecule has 0 aliphatic heterocycles. The predicted molar refractivity (Wildman–Crippen MR) is 227 cm³/mol. The molecule has 3 heterocycles. The molecule has 1 aliphatic carbocycles. The summed E-state index contributed by atoms with van der Waals surface area (Å²) in [6, 6.07) is 46.0. The van der Waals surface area contributed by atoms with Crippen LogP contribution in [0, 0.1) is 24.2 Å². The highest BCUT2D eigenvalue weighted by Crippen LogP contribution is 2.34. The first-order chi connectivity index (χ1) is 26.9. The highest BCUT2D eigenvalue weighted by atomic mass is 15.0. The van der Waals surface area contributed by atoms with Crippen molar-refractivity contribution in [3.8, 4) is 40.0 Å². The topological polar surface area (TPSA) is 59.4 Å². The van der Waals surface area contributed by atoms with E-state index in [1.54, 1.807) is 0 Å². The Morgan fingerprint density at radius 3 is 2.15 bits per heavy atom. The highest BCUT2D eigenvalue weighted by Gasteiger charge is 2.20. The number of nitrogens with zero attached hydrogens (tertiary/aromatic N) is 5. The minimum absolute atomic E-state index is 0.207. The van der Waals surface area contributed by atoms with Gasteiger partial charge in [-0.25, -0.2) is 9.97 Å². The standard InChI is InChI=1S/C50H37N5/c1-5-46-43(29-49-34(4)41-18-6-8-21-47(41)55(49)39-17-10-13-32(2)27-39)42-19-7-9-22-48(42)54(46)38-25-23-36(24-26-38)44-30-45(37-16-12-15-35(28-37)31-51)53-50(52-44)40-20-11-14-33(40)3/h5-30,33H,1,4H2,2-3H3/b49-29+. The van der Waals surface area contributed by atoms with Crippen LogP contribution in [-0.4, -0.2) is 19.1 Å². The summed E-state index contributed by atoms with van der Waals surface area (Å²) >= 11 is 0. The molecule has 1 aliphatic rings. The van der Waals surface area contributed by atoms with Crippen LogP contribution >= 0.6 is 0 Å². The molecule has 5 aromatic carbocycles. The highest BCUT2D eigenvalue weighted by molar-refractivity contribution is 5.96. The summed E-state index contributed by atoms with van der Waals surface area (Å²) < 4.78 is 4.60. The van der Waals surface area contributed by atoms with Gasteiger partial charge in [0.25, 0.3) is 0 Å². The number of aromatic nitrogens is 4. The van der Waals surface area contributed by atoms with E-state index < -0.39 is 0 Å². The van der Waals surface area contributed by atoms with Crippen molar-refractivity contribution in [2.75, 3.05) is 0 Å². The second kappa shape index (κ2) is 13.6. The van der Waals surface area contributed by atoms with Gasteiger partial charge in [0.1, 0.15) is 0 Å². The van der Waals surface area contributed by atoms with Crippen molar-refractivity contribution < 1.29 is 0 Å². The lowest BCUT2D eigenvalue weighted by atomic mass is 10.0. The maximum atomic E-state index is 9.60. The van der Waals surface area contributed by atoms with Gasteiger partial charge in [0.05, 0.1) is 45.1 Å². The molecule has 0 N–H and O–H groups in total. The van der Waals surface area contributed by atoms with Crippen LogP contribution in [0.2, 0.25) is 0 Å². The Balaban J connectivity index is 1.20. The third-order valence-corrected chi connectivity index (χ3v) is 10.6. The molecular weight excluding hydrogens is 671 g/mol. The van der Waals surface area contributed by atoms with E-state index in [1.165, 1.54) is 5.56 Å². The molecule has 3 aromatic heterocycles. The Bertz CT molecular complexity index is 3050. The summed E-state index contributed by atoms with van der Waals surface area (Å²) in [4.78, 5) is 10.1. The number of rotatable bonds is 7. The lowest BCUT2D eigenvalue weighted by Gasteiger charge is -2.13. The molecule has 0 saturated carbocycles. The Morgan fingerprint density at radius 2 is 1.44 bits per heavy atom. The summed E-state index contributed by atoms with van der Waals surface area (Å²) in [6.45, 7) is 13.2. The SMILES string of the molecule is C=Cc1c(/C=c2\c(=C)c3ccccc3n2-c2cccc(C)c2)c2ccccc2n1-c1ccc(-c2cc(-c3cccc(C#N)c3)nc(C3=CC=CC3C)n2)cc1. The zero-order valence-electron chi connectivity index (χ0n) is 30.7. The lowest BCUT2D eigenvalue weighted by Crippen LogP contribution is -2.27. The fourth-order valence-electron chi connectivity index (χ4n) is 7.84. The third-order valence-electron chi connectivity index (χ3n) is 10.6. The average Bonchev–Trinajstić information content (AvgIpc) is 3.89. The zero-order valence-corrected chi connectivity index (χ0v) is 30.7. The Labute approximate surface area is 320 Å². The largest absolute Gasteiger partial charge is 0.309 e. The number of fused-ring (bicyclic) bond motifs is 2. The van der Waals surface area contributed by atoms with Gasteiger partial charge in [-0.1, -0.05) is 111 Å². The second-order valence-corrected chi connectivity index (χ2v) is 14.1. The van der Waals surface area contributed by atoms with Crippen LogP contribution in [0.1, 0.15) is 35.1 Å².